The minimum atomic E-state index is 0.475. The van der Waals surface area contributed by atoms with E-state index in [0.29, 0.717) is 6.04 Å². The largest absolute Gasteiger partial charge is 0.310 e. The number of nitrogens with one attached hydrogen (secondary N) is 1. The van der Waals surface area contributed by atoms with Crippen LogP contribution in [0, 0.1) is 6.92 Å². The van der Waals surface area contributed by atoms with Crippen LogP contribution in [-0.2, 0) is 0 Å². The first-order valence-corrected chi connectivity index (χ1v) is 8.62. The Balaban J connectivity index is 2.04. The molecular formula is C19H25NS. The molecule has 0 bridgehead atoms. The lowest BCUT2D eigenvalue weighted by Gasteiger charge is -2.17. The van der Waals surface area contributed by atoms with Crippen molar-refractivity contribution in [1.29, 1.82) is 0 Å². The van der Waals surface area contributed by atoms with Gasteiger partial charge in [-0.1, -0.05) is 55.4 Å². The Bertz CT molecular complexity index is 548. The Morgan fingerprint density at radius 1 is 1.00 bits per heavy atom. The summed E-state index contributed by atoms with van der Waals surface area (Å²) in [6.07, 6.45) is 2.31. The highest BCUT2D eigenvalue weighted by Gasteiger charge is 2.08. The molecule has 2 aromatic carbocycles. The van der Waals surface area contributed by atoms with E-state index >= 15 is 0 Å². The van der Waals surface area contributed by atoms with Gasteiger partial charge in [0.2, 0.25) is 0 Å². The van der Waals surface area contributed by atoms with Crippen LogP contribution in [0.1, 0.15) is 43.9 Å². The predicted octanol–water partition coefficient (Wildman–Crippen LogP) is 5.60. The summed E-state index contributed by atoms with van der Waals surface area (Å²) < 4.78 is 0. The normalized spacial score (nSPS) is 12.3. The van der Waals surface area contributed by atoms with E-state index in [1.54, 1.807) is 0 Å². The maximum Gasteiger partial charge on any atom is 0.0317 e. The van der Waals surface area contributed by atoms with Crippen molar-refractivity contribution >= 4 is 11.8 Å². The molecule has 21 heavy (non-hydrogen) atoms. The zero-order chi connectivity index (χ0) is 15.1. The predicted molar refractivity (Wildman–Crippen MR) is 93.1 cm³/mol. The Labute approximate surface area is 133 Å². The molecule has 1 unspecified atom stereocenters. The molecule has 0 saturated heterocycles. The number of aryl methyl sites for hydroxylation is 1. The summed E-state index contributed by atoms with van der Waals surface area (Å²) >= 11 is 1.83. The van der Waals surface area contributed by atoms with Gasteiger partial charge in [-0.25, -0.2) is 0 Å². The second-order valence-corrected chi connectivity index (χ2v) is 6.55. The first-order valence-electron chi connectivity index (χ1n) is 7.80. The van der Waals surface area contributed by atoms with Gasteiger partial charge in [-0.3, -0.25) is 0 Å². The van der Waals surface area contributed by atoms with Crippen molar-refractivity contribution in [3.05, 3.63) is 59.7 Å². The zero-order valence-corrected chi connectivity index (χ0v) is 14.0. The maximum absolute atomic E-state index is 3.61. The molecule has 0 aliphatic rings. The van der Waals surface area contributed by atoms with Gasteiger partial charge < -0.3 is 5.32 Å². The monoisotopic (exact) mass is 299 g/mol. The Morgan fingerprint density at radius 2 is 1.76 bits per heavy atom. The minimum absolute atomic E-state index is 0.475. The van der Waals surface area contributed by atoms with Crippen LogP contribution in [0.2, 0.25) is 0 Å². The lowest BCUT2D eigenvalue weighted by molar-refractivity contribution is 0.518. The van der Waals surface area contributed by atoms with Gasteiger partial charge in [-0.05, 0) is 56.1 Å². The van der Waals surface area contributed by atoms with Crippen LogP contribution >= 0.6 is 11.8 Å². The van der Waals surface area contributed by atoms with E-state index in [4.69, 9.17) is 0 Å². The average Bonchev–Trinajstić information content (AvgIpc) is 2.49. The van der Waals surface area contributed by atoms with Crippen LogP contribution in [0.3, 0.4) is 0 Å². The number of hydrogen-bond acceptors (Lipinski definition) is 2. The number of rotatable bonds is 7. The topological polar surface area (TPSA) is 12.0 Å². The van der Waals surface area contributed by atoms with Crippen molar-refractivity contribution < 1.29 is 0 Å². The van der Waals surface area contributed by atoms with Gasteiger partial charge in [-0.15, -0.1) is 0 Å². The molecule has 0 spiro atoms. The molecule has 0 amide bonds. The smallest absolute Gasteiger partial charge is 0.0317 e. The summed E-state index contributed by atoms with van der Waals surface area (Å²) in [5.74, 6) is 0. The van der Waals surface area contributed by atoms with Gasteiger partial charge in [-0.2, -0.15) is 0 Å². The molecule has 1 atom stereocenters. The molecule has 2 heteroatoms. The van der Waals surface area contributed by atoms with Crippen LogP contribution in [-0.4, -0.2) is 6.54 Å². The highest BCUT2D eigenvalue weighted by Crippen LogP contribution is 2.29. The van der Waals surface area contributed by atoms with E-state index in [1.807, 2.05) is 11.8 Å². The van der Waals surface area contributed by atoms with E-state index in [1.165, 1.54) is 27.3 Å². The standard InChI is InChI=1S/C19H25NS/c1-4-13-20-19(5-2)16-9-11-17(12-10-16)21-18-8-6-7-15(3)14-18/h6-12,14,19-20H,4-5,13H2,1-3H3. The summed E-state index contributed by atoms with van der Waals surface area (Å²) in [4.78, 5) is 2.61. The fourth-order valence-electron chi connectivity index (χ4n) is 2.40. The highest BCUT2D eigenvalue weighted by atomic mass is 32.2. The van der Waals surface area contributed by atoms with Crippen LogP contribution < -0.4 is 5.32 Å². The summed E-state index contributed by atoms with van der Waals surface area (Å²) in [5, 5.41) is 3.61. The van der Waals surface area contributed by atoms with Crippen molar-refractivity contribution in [2.45, 2.75) is 49.4 Å². The van der Waals surface area contributed by atoms with E-state index < -0.39 is 0 Å². The van der Waals surface area contributed by atoms with Crippen LogP contribution in [0.5, 0.6) is 0 Å². The first-order chi connectivity index (χ1) is 10.2. The molecule has 0 heterocycles. The number of hydrogen-bond donors (Lipinski definition) is 1. The third-order valence-electron chi connectivity index (χ3n) is 3.56. The van der Waals surface area contributed by atoms with Gasteiger partial charge in [0.15, 0.2) is 0 Å². The van der Waals surface area contributed by atoms with Crippen LogP contribution in [0.15, 0.2) is 58.3 Å². The Morgan fingerprint density at radius 3 is 2.38 bits per heavy atom. The third-order valence-corrected chi connectivity index (χ3v) is 4.55. The molecular weight excluding hydrogens is 274 g/mol. The summed E-state index contributed by atoms with van der Waals surface area (Å²) in [6, 6.07) is 18.1. The molecule has 0 fully saturated rings. The fourth-order valence-corrected chi connectivity index (χ4v) is 3.34. The maximum atomic E-state index is 3.61. The molecule has 1 N–H and O–H groups in total. The third kappa shape index (κ3) is 4.90. The van der Waals surface area contributed by atoms with E-state index in [9.17, 15) is 0 Å². The van der Waals surface area contributed by atoms with Crippen molar-refractivity contribution in [3.63, 3.8) is 0 Å². The van der Waals surface area contributed by atoms with E-state index in [0.717, 1.165) is 13.0 Å². The molecule has 0 saturated carbocycles. The summed E-state index contributed by atoms with van der Waals surface area (Å²) in [5.41, 5.74) is 2.70. The lowest BCUT2D eigenvalue weighted by Crippen LogP contribution is -2.21. The molecule has 0 aliphatic heterocycles. The van der Waals surface area contributed by atoms with Gasteiger partial charge in [0.05, 0.1) is 0 Å². The highest BCUT2D eigenvalue weighted by molar-refractivity contribution is 7.99. The summed E-state index contributed by atoms with van der Waals surface area (Å²) in [7, 11) is 0. The van der Waals surface area contributed by atoms with Gasteiger partial charge in [0.25, 0.3) is 0 Å². The average molecular weight is 299 g/mol. The molecule has 2 aromatic rings. The molecule has 1 nitrogen and oxygen atoms in total. The molecule has 0 aromatic heterocycles. The minimum Gasteiger partial charge on any atom is -0.310 e. The quantitative estimate of drug-likeness (QED) is 0.714. The Kier molecular flexibility index (Phi) is 6.34. The lowest BCUT2D eigenvalue weighted by atomic mass is 10.0. The second kappa shape index (κ2) is 8.26. The van der Waals surface area contributed by atoms with Crippen molar-refractivity contribution in [3.8, 4) is 0 Å². The SMILES string of the molecule is CCCNC(CC)c1ccc(Sc2cccc(C)c2)cc1. The van der Waals surface area contributed by atoms with Crippen molar-refractivity contribution in [1.82, 2.24) is 5.32 Å². The molecule has 2 rings (SSSR count). The fraction of sp³-hybridized carbons (Fsp3) is 0.368. The van der Waals surface area contributed by atoms with Crippen LogP contribution in [0.25, 0.3) is 0 Å². The second-order valence-electron chi connectivity index (χ2n) is 5.40. The van der Waals surface area contributed by atoms with E-state index in [-0.39, 0.29) is 0 Å². The first kappa shape index (κ1) is 16.1. The van der Waals surface area contributed by atoms with Gasteiger partial charge in [0.1, 0.15) is 0 Å². The van der Waals surface area contributed by atoms with E-state index in [2.05, 4.69) is 74.6 Å². The number of benzene rings is 2. The summed E-state index contributed by atoms with van der Waals surface area (Å²) in [6.45, 7) is 7.67. The van der Waals surface area contributed by atoms with Crippen molar-refractivity contribution in [2.75, 3.05) is 6.54 Å². The van der Waals surface area contributed by atoms with Gasteiger partial charge >= 0.3 is 0 Å². The molecule has 0 radical (unpaired) electrons. The Hall–Kier alpha value is -1.25. The van der Waals surface area contributed by atoms with Crippen molar-refractivity contribution in [2.24, 2.45) is 0 Å². The van der Waals surface area contributed by atoms with Crippen LogP contribution in [0.4, 0.5) is 0 Å². The zero-order valence-electron chi connectivity index (χ0n) is 13.2. The molecule has 0 aliphatic carbocycles. The van der Waals surface area contributed by atoms with Gasteiger partial charge in [0, 0.05) is 15.8 Å². The molecule has 112 valence electrons.